The summed E-state index contributed by atoms with van der Waals surface area (Å²) in [7, 11) is 0. The van der Waals surface area contributed by atoms with Gasteiger partial charge in [0.1, 0.15) is 11.1 Å². The lowest BCUT2D eigenvalue weighted by atomic mass is 10.1. The number of hydrogen-bond acceptors (Lipinski definition) is 5. The number of benzene rings is 2. The Hall–Kier alpha value is -2.01. The van der Waals surface area contributed by atoms with Crippen LogP contribution in [0.5, 0.6) is 0 Å². The van der Waals surface area contributed by atoms with Gasteiger partial charge in [0, 0.05) is 0 Å². The van der Waals surface area contributed by atoms with Crippen LogP contribution < -0.4 is 0 Å². The van der Waals surface area contributed by atoms with E-state index >= 15 is 0 Å². The van der Waals surface area contributed by atoms with Gasteiger partial charge >= 0.3 is 0 Å². The number of nitriles is 1. The van der Waals surface area contributed by atoms with Crippen LogP contribution in [0.25, 0.3) is 5.69 Å². The van der Waals surface area contributed by atoms with E-state index in [1.54, 1.807) is 16.8 Å². The molecule has 1 atom stereocenters. The summed E-state index contributed by atoms with van der Waals surface area (Å²) in [4.78, 5) is 0. The minimum Gasteiger partial charge on any atom is -0.211 e. The Labute approximate surface area is 158 Å². The number of thioether (sulfide) groups is 1. The first kappa shape index (κ1) is 17.8. The van der Waals surface area contributed by atoms with Gasteiger partial charge < -0.3 is 0 Å². The summed E-state index contributed by atoms with van der Waals surface area (Å²) in [5, 5.41) is 13.7. The second-order valence-corrected chi connectivity index (χ2v) is 8.52. The maximum Gasteiger partial charge on any atom is 0.184 e. The van der Waals surface area contributed by atoms with Gasteiger partial charge in [0.05, 0.1) is 11.8 Å². The first-order valence-electron chi connectivity index (χ1n) is 7.53. The average molecular weight is 388 g/mol. The molecule has 3 nitrogen and oxygen atoms in total. The molecule has 1 aromatic heterocycles. The SMILES string of the molecule is Cc1ccc(C[C@H](C#N)Sc2nn(-c3ccc(F)cc3)c(=S)s2)cc1. The molecule has 3 rings (SSSR count). The molecule has 0 aliphatic heterocycles. The van der Waals surface area contributed by atoms with Gasteiger partial charge in [0.15, 0.2) is 8.29 Å². The van der Waals surface area contributed by atoms with Crippen molar-refractivity contribution < 1.29 is 4.39 Å². The van der Waals surface area contributed by atoms with Gasteiger partial charge in [-0.2, -0.15) is 5.26 Å². The van der Waals surface area contributed by atoms with Crippen LogP contribution in [0, 0.1) is 28.0 Å². The van der Waals surface area contributed by atoms with Crippen LogP contribution in [0.15, 0.2) is 52.9 Å². The molecule has 0 aliphatic carbocycles. The van der Waals surface area contributed by atoms with Gasteiger partial charge in [-0.05, 0) is 55.4 Å². The summed E-state index contributed by atoms with van der Waals surface area (Å²) in [5.74, 6) is -0.303. The van der Waals surface area contributed by atoms with Crippen LogP contribution in [-0.4, -0.2) is 15.0 Å². The quantitative estimate of drug-likeness (QED) is 0.438. The molecule has 0 amide bonds. The highest BCUT2D eigenvalue weighted by molar-refractivity contribution is 8.01. The van der Waals surface area contributed by atoms with Crippen LogP contribution in [0.3, 0.4) is 0 Å². The molecule has 0 unspecified atom stereocenters. The third kappa shape index (κ3) is 4.54. The molecule has 25 heavy (non-hydrogen) atoms. The summed E-state index contributed by atoms with van der Waals surface area (Å²) < 4.78 is 16.0. The maximum atomic E-state index is 13.1. The zero-order valence-electron chi connectivity index (χ0n) is 13.3. The minimum atomic E-state index is -0.303. The molecule has 0 bridgehead atoms. The lowest BCUT2D eigenvalue weighted by Gasteiger charge is -2.07. The Morgan fingerprint density at radius 2 is 1.92 bits per heavy atom. The van der Waals surface area contributed by atoms with E-state index in [0.29, 0.717) is 16.1 Å². The monoisotopic (exact) mass is 387 g/mol. The molecule has 0 aliphatic rings. The molecule has 0 spiro atoms. The van der Waals surface area contributed by atoms with Crippen molar-refractivity contribution in [2.75, 3.05) is 0 Å². The fourth-order valence-corrected chi connectivity index (χ4v) is 4.75. The van der Waals surface area contributed by atoms with E-state index in [4.69, 9.17) is 12.2 Å². The van der Waals surface area contributed by atoms with Crippen molar-refractivity contribution in [3.05, 3.63) is 69.4 Å². The molecule has 126 valence electrons. The Balaban J connectivity index is 1.76. The molecule has 3 aromatic rings. The van der Waals surface area contributed by atoms with E-state index in [2.05, 4.69) is 11.2 Å². The maximum absolute atomic E-state index is 13.1. The van der Waals surface area contributed by atoms with Crippen molar-refractivity contribution in [2.45, 2.75) is 22.9 Å². The summed E-state index contributed by atoms with van der Waals surface area (Å²) in [5.41, 5.74) is 3.02. The van der Waals surface area contributed by atoms with Gasteiger partial charge in [-0.3, -0.25) is 0 Å². The number of hydrogen-bond donors (Lipinski definition) is 0. The molecular formula is C18H14FN3S3. The highest BCUT2D eigenvalue weighted by Crippen LogP contribution is 2.29. The predicted molar refractivity (Wildman–Crippen MR) is 102 cm³/mol. The second kappa shape index (κ2) is 7.91. The number of rotatable bonds is 5. The van der Waals surface area contributed by atoms with Crippen LogP contribution in [-0.2, 0) is 6.42 Å². The number of nitrogens with zero attached hydrogens (tertiary/aromatic N) is 3. The van der Waals surface area contributed by atoms with Gasteiger partial charge in [-0.1, -0.05) is 52.9 Å². The molecule has 0 N–H and O–H groups in total. The van der Waals surface area contributed by atoms with E-state index < -0.39 is 0 Å². The van der Waals surface area contributed by atoms with Crippen molar-refractivity contribution in [3.63, 3.8) is 0 Å². The molecule has 2 aromatic carbocycles. The summed E-state index contributed by atoms with van der Waals surface area (Å²) in [6.45, 7) is 2.04. The summed E-state index contributed by atoms with van der Waals surface area (Å²) in [6, 6.07) is 16.5. The van der Waals surface area contributed by atoms with Gasteiger partial charge in [-0.15, -0.1) is 5.10 Å². The van der Waals surface area contributed by atoms with E-state index in [1.165, 1.54) is 40.8 Å². The Morgan fingerprint density at radius 1 is 1.24 bits per heavy atom. The van der Waals surface area contributed by atoms with Gasteiger partial charge in [-0.25, -0.2) is 9.07 Å². The van der Waals surface area contributed by atoms with Crippen molar-refractivity contribution in [2.24, 2.45) is 0 Å². The smallest absolute Gasteiger partial charge is 0.184 e. The standard InChI is InChI=1S/C18H14FN3S3/c1-12-2-4-13(5-3-12)10-16(11-20)24-17-21-22(18(23)25-17)15-8-6-14(19)7-9-15/h2-9,16H,10H2,1H3/t16-/m1/s1. The third-order valence-corrected chi connectivity index (χ3v) is 5.93. The molecule has 0 fully saturated rings. The lowest BCUT2D eigenvalue weighted by Crippen LogP contribution is -2.04. The molecule has 1 heterocycles. The van der Waals surface area contributed by atoms with Gasteiger partial charge in [0.25, 0.3) is 0 Å². The zero-order valence-corrected chi connectivity index (χ0v) is 15.8. The first-order chi connectivity index (χ1) is 12.0. The third-order valence-electron chi connectivity index (χ3n) is 3.53. The number of aromatic nitrogens is 2. The average Bonchev–Trinajstić information content (AvgIpc) is 2.97. The van der Waals surface area contributed by atoms with Crippen molar-refractivity contribution in [3.8, 4) is 11.8 Å². The normalized spacial score (nSPS) is 11.9. The highest BCUT2D eigenvalue weighted by Gasteiger charge is 2.15. The van der Waals surface area contributed by atoms with Crippen LogP contribution in [0.4, 0.5) is 4.39 Å². The summed E-state index contributed by atoms with van der Waals surface area (Å²) >= 11 is 8.11. The van der Waals surface area contributed by atoms with Crippen LogP contribution in [0.2, 0.25) is 0 Å². The van der Waals surface area contributed by atoms with Crippen molar-refractivity contribution >= 4 is 35.3 Å². The second-order valence-electron chi connectivity index (χ2n) is 5.45. The fourth-order valence-electron chi connectivity index (χ4n) is 2.23. The van der Waals surface area contributed by atoms with Crippen molar-refractivity contribution in [1.82, 2.24) is 9.78 Å². The topological polar surface area (TPSA) is 41.6 Å². The number of aryl methyl sites for hydroxylation is 1. The molecule has 7 heteroatoms. The minimum absolute atomic E-state index is 0.245. The first-order valence-corrected chi connectivity index (χ1v) is 9.63. The molecule has 0 radical (unpaired) electrons. The molecule has 0 saturated carbocycles. The fraction of sp³-hybridized carbons (Fsp3) is 0.167. The van der Waals surface area contributed by atoms with E-state index in [-0.39, 0.29) is 11.1 Å². The van der Waals surface area contributed by atoms with Crippen molar-refractivity contribution in [1.29, 1.82) is 5.26 Å². The van der Waals surface area contributed by atoms with E-state index in [1.807, 2.05) is 31.2 Å². The largest absolute Gasteiger partial charge is 0.211 e. The zero-order chi connectivity index (χ0) is 17.8. The number of halogens is 1. The van der Waals surface area contributed by atoms with E-state index in [9.17, 15) is 9.65 Å². The summed E-state index contributed by atoms with van der Waals surface area (Å²) in [6.07, 6.45) is 0.643. The Kier molecular flexibility index (Phi) is 5.63. The molecular weight excluding hydrogens is 373 g/mol. The van der Waals surface area contributed by atoms with Crippen LogP contribution >= 0.6 is 35.3 Å². The Bertz CT molecular complexity index is 953. The highest BCUT2D eigenvalue weighted by atomic mass is 32.2. The lowest BCUT2D eigenvalue weighted by molar-refractivity contribution is 0.627. The van der Waals surface area contributed by atoms with Gasteiger partial charge in [0.2, 0.25) is 0 Å². The van der Waals surface area contributed by atoms with E-state index in [0.717, 1.165) is 9.90 Å². The Morgan fingerprint density at radius 3 is 2.56 bits per heavy atom. The van der Waals surface area contributed by atoms with Crippen LogP contribution in [0.1, 0.15) is 11.1 Å². The predicted octanol–water partition coefficient (Wildman–Crippen LogP) is 5.34. The molecule has 0 saturated heterocycles.